The molecule has 0 aliphatic heterocycles. The van der Waals surface area contributed by atoms with Crippen LogP contribution in [-0.4, -0.2) is 28.7 Å². The summed E-state index contributed by atoms with van der Waals surface area (Å²) in [5, 5.41) is 3.10. The minimum atomic E-state index is -4.55. The quantitative estimate of drug-likeness (QED) is 0.330. The Labute approximate surface area is 196 Å². The van der Waals surface area contributed by atoms with Gasteiger partial charge in [0.1, 0.15) is 22.9 Å². The first kappa shape index (κ1) is 23.5. The van der Waals surface area contributed by atoms with E-state index in [-0.39, 0.29) is 16.5 Å². The Kier molecular flexibility index (Phi) is 6.66. The highest BCUT2D eigenvalue weighted by atomic mass is 32.2. The monoisotopic (exact) mass is 488 g/mol. The first-order valence-electron chi connectivity index (χ1n) is 9.89. The summed E-state index contributed by atoms with van der Waals surface area (Å²) in [5.74, 6) is 1.36. The fourth-order valence-corrected chi connectivity index (χ4v) is 3.98. The number of hydrogen-bond donors (Lipinski definition) is 2. The summed E-state index contributed by atoms with van der Waals surface area (Å²) in [4.78, 5) is 8.98. The number of aromatic nitrogens is 2. The molecule has 0 amide bonds. The van der Waals surface area contributed by atoms with Crippen LogP contribution in [0.2, 0.25) is 0 Å². The number of nitrogens with zero attached hydrogens (tertiary/aromatic N) is 2. The van der Waals surface area contributed by atoms with Crippen LogP contribution >= 0.6 is 0 Å². The van der Waals surface area contributed by atoms with Gasteiger partial charge in [-0.25, -0.2) is 9.97 Å². The zero-order valence-corrected chi connectivity index (χ0v) is 18.8. The van der Waals surface area contributed by atoms with Crippen LogP contribution < -0.4 is 19.5 Å². The van der Waals surface area contributed by atoms with Gasteiger partial charge in [0.2, 0.25) is 5.82 Å². The number of methoxy groups -OCH3 is 2. The van der Waals surface area contributed by atoms with E-state index >= 15 is 0 Å². The van der Waals surface area contributed by atoms with Crippen LogP contribution in [0.4, 0.5) is 30.5 Å². The van der Waals surface area contributed by atoms with Gasteiger partial charge in [-0.2, -0.15) is 17.9 Å². The Morgan fingerprint density at radius 1 is 0.824 bits per heavy atom. The summed E-state index contributed by atoms with van der Waals surface area (Å²) < 4.78 is 65.5. The van der Waals surface area contributed by atoms with Crippen molar-refractivity contribution >= 4 is 39.7 Å². The summed E-state index contributed by atoms with van der Waals surface area (Å²) in [6, 6.07) is 16.4. The topological polar surface area (TPSA) is 91.4 Å². The standard InChI is InChI=1S/C23H19F3N4O3S/c1-32-16-11-15(12-17(13-16)33-2)27-21-22(29-20-9-4-3-8-19(20)28-21)30-34(31)18-7-5-6-14(10-18)23(24,25)26/h3-13H,1-2H3,(H,27,28)(H,29,30). The van der Waals surface area contributed by atoms with Gasteiger partial charge in [0, 0.05) is 30.0 Å². The van der Waals surface area contributed by atoms with E-state index in [1.165, 1.54) is 26.4 Å². The normalized spacial score (nSPS) is 12.3. The molecule has 0 radical (unpaired) electrons. The molecule has 2 N–H and O–H groups in total. The molecule has 176 valence electrons. The second-order valence-corrected chi connectivity index (χ2v) is 8.25. The van der Waals surface area contributed by atoms with Gasteiger partial charge < -0.3 is 19.3 Å². The molecule has 4 aromatic rings. The van der Waals surface area contributed by atoms with E-state index in [0.29, 0.717) is 28.2 Å². The third-order valence-corrected chi connectivity index (χ3v) is 5.81. The lowest BCUT2D eigenvalue weighted by Gasteiger charge is -2.16. The van der Waals surface area contributed by atoms with Gasteiger partial charge in [0.05, 0.1) is 30.8 Å². The first-order chi connectivity index (χ1) is 16.3. The van der Waals surface area contributed by atoms with Crippen molar-refractivity contribution in [3.63, 3.8) is 0 Å². The number of alkyl halides is 3. The molecular weight excluding hydrogens is 469 g/mol. The van der Waals surface area contributed by atoms with Gasteiger partial charge in [-0.15, -0.1) is 0 Å². The lowest BCUT2D eigenvalue weighted by Crippen LogP contribution is -2.17. The average molecular weight is 488 g/mol. The number of para-hydroxylation sites is 2. The summed E-state index contributed by atoms with van der Waals surface area (Å²) in [5.41, 5.74) is 0.732. The third kappa shape index (κ3) is 5.26. The lowest BCUT2D eigenvalue weighted by atomic mass is 10.2. The molecule has 3 aromatic carbocycles. The van der Waals surface area contributed by atoms with Crippen molar-refractivity contribution in [2.75, 3.05) is 24.3 Å². The van der Waals surface area contributed by atoms with E-state index in [4.69, 9.17) is 9.47 Å². The minimum absolute atomic E-state index is 0.0567. The number of halogens is 3. The van der Waals surface area contributed by atoms with Crippen molar-refractivity contribution in [1.29, 1.82) is 0 Å². The van der Waals surface area contributed by atoms with Gasteiger partial charge in [0.15, 0.2) is 10.7 Å². The maximum Gasteiger partial charge on any atom is 0.416 e. The van der Waals surface area contributed by atoms with Crippen LogP contribution in [0, 0.1) is 0 Å². The molecule has 7 nitrogen and oxygen atoms in total. The van der Waals surface area contributed by atoms with Crippen molar-refractivity contribution in [2.24, 2.45) is 0 Å². The zero-order chi connectivity index (χ0) is 24.3. The predicted octanol–water partition coefficient (Wildman–Crippen LogP) is 5.54. The summed E-state index contributed by atoms with van der Waals surface area (Å²) in [6.07, 6.45) is -4.55. The molecule has 0 bridgehead atoms. The summed E-state index contributed by atoms with van der Waals surface area (Å²) in [7, 11) is 3.03. The van der Waals surface area contributed by atoms with Crippen molar-refractivity contribution in [3.8, 4) is 11.5 Å². The smallest absolute Gasteiger partial charge is 0.416 e. The van der Waals surface area contributed by atoms with Gasteiger partial charge in [0.25, 0.3) is 0 Å². The molecule has 0 saturated heterocycles. The average Bonchev–Trinajstić information content (AvgIpc) is 2.83. The van der Waals surface area contributed by atoms with Crippen LogP contribution in [0.5, 0.6) is 11.5 Å². The molecular formula is C23H19F3N4O3S. The Morgan fingerprint density at radius 2 is 1.44 bits per heavy atom. The van der Waals surface area contributed by atoms with Crippen LogP contribution in [0.15, 0.2) is 71.6 Å². The van der Waals surface area contributed by atoms with E-state index < -0.39 is 23.1 Å². The van der Waals surface area contributed by atoms with Crippen LogP contribution in [0.3, 0.4) is 0 Å². The van der Waals surface area contributed by atoms with Crippen molar-refractivity contribution in [2.45, 2.75) is 11.1 Å². The Bertz CT molecular complexity index is 1300. The lowest BCUT2D eigenvalue weighted by molar-refractivity contribution is -0.137. The second kappa shape index (κ2) is 9.65. The van der Waals surface area contributed by atoms with Crippen LogP contribution in [0.25, 0.3) is 11.0 Å². The first-order valence-corrected chi connectivity index (χ1v) is 11.0. The molecule has 0 spiro atoms. The largest absolute Gasteiger partial charge is 0.588 e. The number of benzene rings is 3. The molecule has 34 heavy (non-hydrogen) atoms. The number of fused-ring (bicyclic) bond motifs is 1. The van der Waals surface area contributed by atoms with E-state index in [0.717, 1.165) is 12.1 Å². The van der Waals surface area contributed by atoms with Crippen molar-refractivity contribution in [1.82, 2.24) is 9.97 Å². The van der Waals surface area contributed by atoms with Gasteiger partial charge in [-0.1, -0.05) is 18.2 Å². The van der Waals surface area contributed by atoms with E-state index in [1.807, 2.05) is 0 Å². The zero-order valence-electron chi connectivity index (χ0n) is 18.0. The SMILES string of the molecule is COc1cc(Nc2nc3ccccc3nc2N[S+]([O-])c2cccc(C(F)(F)F)c2)cc(OC)c1. The fraction of sp³-hybridized carbons (Fsp3) is 0.130. The van der Waals surface area contributed by atoms with Crippen LogP contribution in [-0.2, 0) is 17.5 Å². The maximum absolute atomic E-state index is 13.1. The number of rotatable bonds is 7. The molecule has 0 aliphatic rings. The van der Waals surface area contributed by atoms with Gasteiger partial charge in [-0.05, 0) is 24.3 Å². The van der Waals surface area contributed by atoms with Crippen molar-refractivity contribution in [3.05, 3.63) is 72.3 Å². The number of anilines is 3. The molecule has 0 aliphatic carbocycles. The summed E-state index contributed by atoms with van der Waals surface area (Å²) in [6.45, 7) is 0. The Hall–Kier alpha value is -3.70. The fourth-order valence-electron chi connectivity index (χ4n) is 3.11. The second-order valence-electron chi connectivity index (χ2n) is 7.03. The van der Waals surface area contributed by atoms with E-state index in [1.54, 1.807) is 42.5 Å². The molecule has 0 saturated carbocycles. The molecule has 1 atom stereocenters. The molecule has 4 rings (SSSR count). The molecule has 1 unspecified atom stereocenters. The molecule has 0 fully saturated rings. The third-order valence-electron chi connectivity index (χ3n) is 4.75. The van der Waals surface area contributed by atoms with Gasteiger partial charge in [-0.3, -0.25) is 0 Å². The Morgan fingerprint density at radius 3 is 2.03 bits per heavy atom. The minimum Gasteiger partial charge on any atom is -0.588 e. The molecule has 11 heteroatoms. The predicted molar refractivity (Wildman–Crippen MR) is 124 cm³/mol. The maximum atomic E-state index is 13.1. The number of hydrogen-bond acceptors (Lipinski definition) is 7. The molecule has 1 aromatic heterocycles. The van der Waals surface area contributed by atoms with E-state index in [2.05, 4.69) is 20.0 Å². The van der Waals surface area contributed by atoms with Gasteiger partial charge >= 0.3 is 6.18 Å². The van der Waals surface area contributed by atoms with E-state index in [9.17, 15) is 17.7 Å². The Balaban J connectivity index is 1.72. The highest BCUT2D eigenvalue weighted by molar-refractivity contribution is 7.92. The highest BCUT2D eigenvalue weighted by Gasteiger charge is 2.32. The number of ether oxygens (including phenoxy) is 2. The van der Waals surface area contributed by atoms with Crippen LogP contribution in [0.1, 0.15) is 5.56 Å². The highest BCUT2D eigenvalue weighted by Crippen LogP contribution is 2.33. The van der Waals surface area contributed by atoms with Crippen molar-refractivity contribution < 1.29 is 27.2 Å². The number of nitrogens with one attached hydrogen (secondary N) is 2. The summed E-state index contributed by atoms with van der Waals surface area (Å²) >= 11 is -2.04. The molecule has 1 heterocycles.